The molecule has 33 heavy (non-hydrogen) atoms. The zero-order chi connectivity index (χ0) is 22.4. The number of fused-ring (bicyclic) bond motifs is 7. The van der Waals surface area contributed by atoms with E-state index in [1.54, 1.807) is 0 Å². The summed E-state index contributed by atoms with van der Waals surface area (Å²) in [6.07, 6.45) is 1.06. The van der Waals surface area contributed by atoms with E-state index in [1.165, 1.54) is 62.6 Å². The first-order chi connectivity index (χ1) is 16.2. The molecule has 0 aliphatic heterocycles. The van der Waals surface area contributed by atoms with Crippen LogP contribution in [0.2, 0.25) is 0 Å². The average Bonchev–Trinajstić information content (AvgIpc) is 3.23. The molecule has 6 aromatic carbocycles. The molecular weight excluding hydrogens is 579 g/mol. The second kappa shape index (κ2) is 8.58. The molecule has 0 N–H and O–H groups in total. The van der Waals surface area contributed by atoms with Crippen molar-refractivity contribution < 1.29 is 0 Å². The molecule has 0 saturated carbocycles. The third-order valence-corrected chi connectivity index (χ3v) is 8.95. The number of benzene rings is 6. The van der Waals surface area contributed by atoms with Gasteiger partial charge in [-0.05, 0) is 112 Å². The minimum atomic E-state index is 1.06. The highest BCUT2D eigenvalue weighted by atomic mass is 127. The van der Waals surface area contributed by atoms with E-state index < -0.39 is 0 Å². The van der Waals surface area contributed by atoms with Gasteiger partial charge in [0.15, 0.2) is 0 Å². The van der Waals surface area contributed by atoms with Crippen molar-refractivity contribution >= 4 is 70.8 Å². The van der Waals surface area contributed by atoms with Gasteiger partial charge in [0.1, 0.15) is 0 Å². The van der Waals surface area contributed by atoms with Crippen molar-refractivity contribution in [1.29, 1.82) is 0 Å². The van der Waals surface area contributed by atoms with Gasteiger partial charge in [0.05, 0.1) is 0 Å². The third-order valence-electron chi connectivity index (χ3n) is 6.45. The van der Waals surface area contributed by atoms with Gasteiger partial charge < -0.3 is 0 Å². The fourth-order valence-electron chi connectivity index (χ4n) is 4.86. The molecule has 0 radical (unpaired) electrons. The molecule has 0 unspecified atom stereocenters. The maximum absolute atomic E-state index is 3.57. The molecule has 1 aliphatic carbocycles. The molecule has 0 heterocycles. The monoisotopic (exact) mass is 598 g/mol. The summed E-state index contributed by atoms with van der Waals surface area (Å²) in [6, 6.07) is 39.2. The molecule has 158 valence electrons. The number of hydrogen-bond acceptors (Lipinski definition) is 0. The van der Waals surface area contributed by atoms with Crippen LogP contribution in [-0.4, -0.2) is 0 Å². The summed E-state index contributed by atoms with van der Waals surface area (Å²) >= 11 is 5.90. The molecule has 0 nitrogen and oxygen atoms in total. The Morgan fingerprint density at radius 3 is 1.88 bits per heavy atom. The van der Waals surface area contributed by atoms with Gasteiger partial charge >= 0.3 is 0 Å². The molecule has 0 bridgehead atoms. The Kier molecular flexibility index (Phi) is 5.43. The van der Waals surface area contributed by atoms with E-state index in [1.807, 2.05) is 0 Å². The lowest BCUT2D eigenvalue weighted by molar-refractivity contribution is 1.27. The third kappa shape index (κ3) is 3.75. The Morgan fingerprint density at radius 1 is 0.545 bits per heavy atom. The van der Waals surface area contributed by atoms with Crippen molar-refractivity contribution in [1.82, 2.24) is 0 Å². The first-order valence-electron chi connectivity index (χ1n) is 11.0. The van der Waals surface area contributed by atoms with Gasteiger partial charge in [0, 0.05) is 8.04 Å². The zero-order valence-corrected chi connectivity index (χ0v) is 21.6. The van der Waals surface area contributed by atoms with Crippen LogP contribution in [0.4, 0.5) is 0 Å². The smallest absolute Gasteiger partial charge is 0.0387 e. The van der Waals surface area contributed by atoms with Gasteiger partial charge in [-0.15, -0.1) is 0 Å². The van der Waals surface area contributed by atoms with Crippen LogP contribution in [0.1, 0.15) is 11.1 Å². The molecule has 1 aliphatic rings. The maximum Gasteiger partial charge on any atom is 0.0387 e. The van der Waals surface area contributed by atoms with Crippen LogP contribution in [0.25, 0.3) is 43.4 Å². The predicted molar refractivity (Wildman–Crippen MR) is 154 cm³/mol. The lowest BCUT2D eigenvalue weighted by Gasteiger charge is -2.07. The number of halogens is 2. The normalized spacial score (nSPS) is 11.8. The molecule has 2 heteroatoms. The molecule has 7 rings (SSSR count). The molecule has 0 saturated heterocycles. The molecule has 6 aromatic rings. The van der Waals surface area contributed by atoms with E-state index >= 15 is 0 Å². The van der Waals surface area contributed by atoms with Crippen LogP contribution in [0.3, 0.4) is 0 Å². The summed E-state index contributed by atoms with van der Waals surface area (Å²) in [5.74, 6) is 0. The Hall–Kier alpha value is -2.69. The SMILES string of the molecule is Brc1c(I)ccc2ccccc12.c1ccc2cc3c(cc2c1)Cc1ccc2ccccc2c1-3. The standard InChI is InChI=1S/C21H14.C10H6BrI/c1-2-7-16-13-20-18(11-15(16)6-1)12-17-10-9-14-5-3-4-8-19(14)21(17)20;11-10-8-4-2-1-3-7(8)5-6-9(10)12/h1-11,13H,12H2;1-6H. The van der Waals surface area contributed by atoms with Crippen molar-refractivity contribution in [2.45, 2.75) is 6.42 Å². The van der Waals surface area contributed by atoms with Gasteiger partial charge in [-0.1, -0.05) is 97.1 Å². The molecular formula is C31H20BrI. The Balaban J connectivity index is 0.000000147. The fraction of sp³-hybridized carbons (Fsp3) is 0.0323. The van der Waals surface area contributed by atoms with Crippen LogP contribution >= 0.6 is 38.5 Å². The summed E-state index contributed by atoms with van der Waals surface area (Å²) in [5.41, 5.74) is 5.77. The summed E-state index contributed by atoms with van der Waals surface area (Å²) in [7, 11) is 0. The van der Waals surface area contributed by atoms with Crippen LogP contribution in [0, 0.1) is 3.57 Å². The number of rotatable bonds is 0. The maximum atomic E-state index is 3.57. The second-order valence-corrected chi connectivity index (χ2v) is 10.4. The van der Waals surface area contributed by atoms with Crippen molar-refractivity contribution in [3.8, 4) is 11.1 Å². The fourth-order valence-corrected chi connectivity index (χ4v) is 5.82. The molecule has 0 aromatic heterocycles. The van der Waals surface area contributed by atoms with Gasteiger partial charge in [-0.25, -0.2) is 0 Å². The Labute approximate surface area is 215 Å². The van der Waals surface area contributed by atoms with E-state index in [0.717, 1.165) is 6.42 Å². The van der Waals surface area contributed by atoms with Crippen LogP contribution < -0.4 is 0 Å². The quantitative estimate of drug-likeness (QED) is 0.152. The summed E-state index contributed by atoms with van der Waals surface area (Å²) < 4.78 is 2.45. The second-order valence-electron chi connectivity index (χ2n) is 8.44. The van der Waals surface area contributed by atoms with Crippen LogP contribution in [-0.2, 0) is 6.42 Å². The molecule has 0 amide bonds. The molecule has 0 fully saturated rings. The Bertz CT molecular complexity index is 1670. The largest absolute Gasteiger partial charge is 0.0616 e. The van der Waals surface area contributed by atoms with Crippen molar-refractivity contribution in [2.75, 3.05) is 0 Å². The van der Waals surface area contributed by atoms with E-state index in [-0.39, 0.29) is 0 Å². The first kappa shape index (κ1) is 20.9. The molecule has 0 atom stereocenters. The average molecular weight is 599 g/mol. The highest BCUT2D eigenvalue weighted by Gasteiger charge is 2.21. The van der Waals surface area contributed by atoms with Gasteiger partial charge in [0.25, 0.3) is 0 Å². The summed E-state index contributed by atoms with van der Waals surface area (Å²) in [5, 5.41) is 7.95. The van der Waals surface area contributed by atoms with E-state index in [0.29, 0.717) is 0 Å². The van der Waals surface area contributed by atoms with E-state index in [9.17, 15) is 0 Å². The van der Waals surface area contributed by atoms with Crippen molar-refractivity contribution in [3.63, 3.8) is 0 Å². The summed E-state index contributed by atoms with van der Waals surface area (Å²) in [4.78, 5) is 0. The van der Waals surface area contributed by atoms with Crippen molar-refractivity contribution in [2.24, 2.45) is 0 Å². The van der Waals surface area contributed by atoms with Crippen LogP contribution in [0.5, 0.6) is 0 Å². The van der Waals surface area contributed by atoms with E-state index in [4.69, 9.17) is 0 Å². The predicted octanol–water partition coefficient (Wildman–Crippen LogP) is 9.77. The van der Waals surface area contributed by atoms with Gasteiger partial charge in [-0.2, -0.15) is 0 Å². The van der Waals surface area contributed by atoms with Gasteiger partial charge in [0.2, 0.25) is 0 Å². The molecule has 0 spiro atoms. The summed E-state index contributed by atoms with van der Waals surface area (Å²) in [6.45, 7) is 0. The van der Waals surface area contributed by atoms with Crippen molar-refractivity contribution in [3.05, 3.63) is 128 Å². The first-order valence-corrected chi connectivity index (χ1v) is 12.9. The zero-order valence-electron chi connectivity index (χ0n) is 17.9. The Morgan fingerprint density at radius 2 is 1.12 bits per heavy atom. The van der Waals surface area contributed by atoms with E-state index in [2.05, 4.69) is 148 Å². The lowest BCUT2D eigenvalue weighted by Crippen LogP contribution is -1.82. The number of hydrogen-bond donors (Lipinski definition) is 0. The van der Waals surface area contributed by atoms with Crippen LogP contribution in [0.15, 0.2) is 114 Å². The lowest BCUT2D eigenvalue weighted by atomic mass is 9.96. The highest BCUT2D eigenvalue weighted by molar-refractivity contribution is 14.1. The minimum absolute atomic E-state index is 1.06. The van der Waals surface area contributed by atoms with Gasteiger partial charge in [-0.3, -0.25) is 0 Å². The topological polar surface area (TPSA) is 0 Å². The minimum Gasteiger partial charge on any atom is -0.0616 e. The highest BCUT2D eigenvalue weighted by Crippen LogP contribution is 2.42.